The van der Waals surface area contributed by atoms with Gasteiger partial charge in [-0.3, -0.25) is 19.2 Å². The van der Waals surface area contributed by atoms with Crippen LogP contribution >= 0.6 is 11.8 Å². The molecule has 0 radical (unpaired) electrons. The molecule has 0 aromatic carbocycles. The highest BCUT2D eigenvalue weighted by Gasteiger charge is 2.43. The Morgan fingerprint density at radius 3 is 2.42 bits per heavy atom. The number of hydrogen-bond donors (Lipinski definition) is 5. The quantitative estimate of drug-likeness (QED) is 0.208. The van der Waals surface area contributed by atoms with E-state index in [2.05, 4.69) is 10.6 Å². The summed E-state index contributed by atoms with van der Waals surface area (Å²) in [6.07, 6.45) is -3.01. The third-order valence-electron chi connectivity index (χ3n) is 4.84. The van der Waals surface area contributed by atoms with E-state index in [9.17, 15) is 29.4 Å². The molecule has 12 heteroatoms. The molecule has 1 aliphatic heterocycles. The lowest BCUT2D eigenvalue weighted by Crippen LogP contribution is -2.54. The van der Waals surface area contributed by atoms with E-state index < -0.39 is 36.0 Å². The first-order valence-electron chi connectivity index (χ1n) is 11.0. The van der Waals surface area contributed by atoms with Gasteiger partial charge in [0, 0.05) is 43.5 Å². The summed E-state index contributed by atoms with van der Waals surface area (Å²) < 4.78 is 11.4. The number of hydrogen-bond acceptors (Lipinski definition) is 9. The third kappa shape index (κ3) is 12.3. The van der Waals surface area contributed by atoms with Gasteiger partial charge in [-0.15, -0.1) is 0 Å². The number of carboxylic acid groups (broad SMARTS) is 1. The van der Waals surface area contributed by atoms with Crippen molar-refractivity contribution in [3.05, 3.63) is 0 Å². The van der Waals surface area contributed by atoms with Gasteiger partial charge in [0.1, 0.15) is 6.10 Å². The van der Waals surface area contributed by atoms with Gasteiger partial charge in [-0.1, -0.05) is 25.6 Å². The zero-order valence-corrected chi connectivity index (χ0v) is 20.2. The molecule has 1 aliphatic rings. The molecule has 1 fully saturated rings. The Labute approximate surface area is 198 Å². The zero-order chi connectivity index (χ0) is 25.0. The van der Waals surface area contributed by atoms with Crippen LogP contribution < -0.4 is 10.6 Å². The second-order valence-corrected chi connectivity index (χ2v) is 9.88. The normalized spacial score (nSPS) is 21.6. The predicted octanol–water partition coefficient (Wildman–Crippen LogP) is 0.0231. The Kier molecular flexibility index (Phi) is 12.9. The molecule has 0 aromatic heterocycles. The molecule has 1 saturated heterocycles. The zero-order valence-electron chi connectivity index (χ0n) is 19.4. The van der Waals surface area contributed by atoms with Crippen LogP contribution in [0.4, 0.5) is 0 Å². The highest BCUT2D eigenvalue weighted by molar-refractivity contribution is 8.13. The summed E-state index contributed by atoms with van der Waals surface area (Å²) >= 11 is 0.968. The van der Waals surface area contributed by atoms with Gasteiger partial charge in [0.15, 0.2) is 11.4 Å². The van der Waals surface area contributed by atoms with Crippen molar-refractivity contribution < 1.29 is 44.0 Å². The summed E-state index contributed by atoms with van der Waals surface area (Å²) in [4.78, 5) is 46.4. The lowest BCUT2D eigenvalue weighted by atomic mass is 9.85. The molecule has 2 amide bonds. The van der Waals surface area contributed by atoms with E-state index in [1.54, 1.807) is 6.92 Å². The molecule has 33 heavy (non-hydrogen) atoms. The number of carboxylic acids is 1. The van der Waals surface area contributed by atoms with Gasteiger partial charge in [0.25, 0.3) is 0 Å². The van der Waals surface area contributed by atoms with Crippen LogP contribution in [0.1, 0.15) is 52.9 Å². The summed E-state index contributed by atoms with van der Waals surface area (Å²) in [5.41, 5.74) is -0.609. The first-order valence-corrected chi connectivity index (χ1v) is 11.9. The van der Waals surface area contributed by atoms with Gasteiger partial charge in [-0.05, 0) is 13.3 Å². The SMILES string of the molecule is CC(O)CC(O)CC1OCC(C)(C)[C@H](C(=O)NCCC(=O)NCCSC(=O)CCC(=O)O)O1. The molecule has 0 aromatic rings. The van der Waals surface area contributed by atoms with E-state index in [-0.39, 0.29) is 68.7 Å². The van der Waals surface area contributed by atoms with Crippen molar-refractivity contribution in [2.45, 2.75) is 77.5 Å². The van der Waals surface area contributed by atoms with Crippen LogP contribution in [0.3, 0.4) is 0 Å². The number of carbonyl (C=O) groups is 4. The molecule has 190 valence electrons. The van der Waals surface area contributed by atoms with Crippen molar-refractivity contribution in [1.82, 2.24) is 10.6 Å². The number of aliphatic hydroxyl groups excluding tert-OH is 2. The standard InChI is InChI=1S/C21H36N2O9S/c1-13(24)10-14(25)11-18-31-12-21(2,3)19(32-18)20(30)23-7-6-15(26)22-8-9-33-17(29)5-4-16(27)28/h13-14,18-19,24-25H,4-12H2,1-3H3,(H,22,26)(H,23,30)(H,27,28)/t13?,14?,18?,19-/m0/s1. The molecule has 0 spiro atoms. The highest BCUT2D eigenvalue weighted by Crippen LogP contribution is 2.32. The van der Waals surface area contributed by atoms with Gasteiger partial charge in [-0.2, -0.15) is 0 Å². The van der Waals surface area contributed by atoms with Gasteiger partial charge < -0.3 is 35.4 Å². The fourth-order valence-electron chi connectivity index (χ4n) is 3.13. The number of ether oxygens (including phenoxy) is 2. The minimum Gasteiger partial charge on any atom is -0.481 e. The number of carbonyl (C=O) groups excluding carboxylic acids is 3. The van der Waals surface area contributed by atoms with E-state index in [4.69, 9.17) is 14.6 Å². The van der Waals surface area contributed by atoms with Crippen LogP contribution in [0.5, 0.6) is 0 Å². The van der Waals surface area contributed by atoms with Crippen LogP contribution in [-0.4, -0.2) is 88.3 Å². The van der Waals surface area contributed by atoms with Crippen molar-refractivity contribution in [3.8, 4) is 0 Å². The Bertz CT molecular complexity index is 672. The monoisotopic (exact) mass is 492 g/mol. The van der Waals surface area contributed by atoms with E-state index in [0.29, 0.717) is 5.75 Å². The van der Waals surface area contributed by atoms with Gasteiger partial charge in [-0.25, -0.2) is 0 Å². The van der Waals surface area contributed by atoms with Crippen molar-refractivity contribution in [2.24, 2.45) is 5.41 Å². The Balaban J connectivity index is 2.32. The maximum atomic E-state index is 12.6. The highest BCUT2D eigenvalue weighted by atomic mass is 32.2. The van der Waals surface area contributed by atoms with Crippen LogP contribution in [0.15, 0.2) is 0 Å². The topological polar surface area (TPSA) is 171 Å². The maximum absolute atomic E-state index is 12.6. The van der Waals surface area contributed by atoms with Crippen molar-refractivity contribution in [2.75, 3.05) is 25.4 Å². The molecule has 5 N–H and O–H groups in total. The van der Waals surface area contributed by atoms with Crippen LogP contribution in [0.2, 0.25) is 0 Å². The van der Waals surface area contributed by atoms with Crippen LogP contribution in [-0.2, 0) is 28.7 Å². The average Bonchev–Trinajstić information content (AvgIpc) is 2.70. The van der Waals surface area contributed by atoms with Crippen LogP contribution in [0, 0.1) is 5.41 Å². The van der Waals surface area contributed by atoms with Gasteiger partial charge in [0.2, 0.25) is 11.8 Å². The smallest absolute Gasteiger partial charge is 0.303 e. The van der Waals surface area contributed by atoms with Crippen molar-refractivity contribution in [3.63, 3.8) is 0 Å². The number of aliphatic carboxylic acids is 1. The summed E-state index contributed by atoms with van der Waals surface area (Å²) in [6.45, 7) is 5.82. The predicted molar refractivity (Wildman–Crippen MR) is 120 cm³/mol. The summed E-state index contributed by atoms with van der Waals surface area (Å²) in [7, 11) is 0. The fourth-order valence-corrected chi connectivity index (χ4v) is 3.81. The summed E-state index contributed by atoms with van der Waals surface area (Å²) in [5.74, 6) is -1.37. The molecule has 3 unspecified atom stereocenters. The third-order valence-corrected chi connectivity index (χ3v) is 5.77. The van der Waals surface area contributed by atoms with E-state index >= 15 is 0 Å². The number of amides is 2. The van der Waals surface area contributed by atoms with E-state index in [1.807, 2.05) is 13.8 Å². The fraction of sp³-hybridized carbons (Fsp3) is 0.810. The van der Waals surface area contributed by atoms with Crippen molar-refractivity contribution >= 4 is 34.7 Å². The Morgan fingerprint density at radius 2 is 1.79 bits per heavy atom. The Hall–Kier alpha value is -1.73. The molecule has 0 aliphatic carbocycles. The lowest BCUT2D eigenvalue weighted by molar-refractivity contribution is -0.261. The molecule has 0 bridgehead atoms. The minimum atomic E-state index is -1.03. The first kappa shape index (κ1) is 29.3. The molecular formula is C21H36N2O9S. The number of thioether (sulfide) groups is 1. The lowest BCUT2D eigenvalue weighted by Gasteiger charge is -2.41. The molecule has 0 saturated carbocycles. The van der Waals surface area contributed by atoms with E-state index in [0.717, 1.165) is 11.8 Å². The Morgan fingerprint density at radius 1 is 1.09 bits per heavy atom. The second kappa shape index (κ2) is 14.5. The number of aliphatic hydroxyl groups is 2. The molecule has 1 rings (SSSR count). The summed E-state index contributed by atoms with van der Waals surface area (Å²) in [5, 5.41) is 33.0. The first-order chi connectivity index (χ1) is 15.4. The van der Waals surface area contributed by atoms with E-state index in [1.165, 1.54) is 0 Å². The van der Waals surface area contributed by atoms with Crippen LogP contribution in [0.25, 0.3) is 0 Å². The maximum Gasteiger partial charge on any atom is 0.303 e. The molecular weight excluding hydrogens is 456 g/mol. The summed E-state index contributed by atoms with van der Waals surface area (Å²) in [6, 6.07) is 0. The number of nitrogens with one attached hydrogen (secondary N) is 2. The number of rotatable bonds is 14. The minimum absolute atomic E-state index is 0.0452. The average molecular weight is 493 g/mol. The van der Waals surface area contributed by atoms with Gasteiger partial charge in [0.05, 0.1) is 25.2 Å². The molecule has 1 heterocycles. The molecule has 4 atom stereocenters. The largest absolute Gasteiger partial charge is 0.481 e. The van der Waals surface area contributed by atoms with Gasteiger partial charge >= 0.3 is 5.97 Å². The van der Waals surface area contributed by atoms with Crippen molar-refractivity contribution in [1.29, 1.82) is 0 Å². The second-order valence-electron chi connectivity index (χ2n) is 8.72. The molecule has 11 nitrogen and oxygen atoms in total.